The minimum Gasteiger partial charge on any atom is -0.395 e. The summed E-state index contributed by atoms with van der Waals surface area (Å²) >= 11 is 0. The average Bonchev–Trinajstić information content (AvgIpc) is 2.54. The Morgan fingerprint density at radius 2 is 1.78 bits per heavy atom. The number of likely N-dealkylation sites (tertiary alicyclic amines) is 1. The van der Waals surface area contributed by atoms with Gasteiger partial charge in [-0.2, -0.15) is 0 Å². The second-order valence-electron chi connectivity index (χ2n) is 6.74. The largest absolute Gasteiger partial charge is 0.395 e. The molecule has 1 aromatic rings. The molecule has 128 valence electrons. The Kier molecular flexibility index (Phi) is 6.13. The van der Waals surface area contributed by atoms with Gasteiger partial charge in [0.15, 0.2) is 0 Å². The Bertz CT molecular complexity index is 523. The van der Waals surface area contributed by atoms with Crippen molar-refractivity contribution in [1.82, 2.24) is 4.90 Å². The summed E-state index contributed by atoms with van der Waals surface area (Å²) in [6.45, 7) is 5.02. The summed E-state index contributed by atoms with van der Waals surface area (Å²) in [6.07, 6.45) is -1.31. The monoisotopic (exact) mass is 337 g/mol. The molecule has 6 heteroatoms. The quantitative estimate of drug-likeness (QED) is 0.542. The van der Waals surface area contributed by atoms with Gasteiger partial charge in [0.1, 0.15) is 20.3 Å². The number of piperidine rings is 1. The predicted molar refractivity (Wildman–Crippen MR) is 93.2 cm³/mol. The van der Waals surface area contributed by atoms with E-state index >= 15 is 0 Å². The van der Waals surface area contributed by atoms with Crippen LogP contribution in [0.1, 0.15) is 0 Å². The van der Waals surface area contributed by atoms with Gasteiger partial charge in [-0.3, -0.25) is 4.90 Å². The van der Waals surface area contributed by atoms with Crippen molar-refractivity contribution in [2.24, 2.45) is 0 Å². The van der Waals surface area contributed by atoms with Crippen molar-refractivity contribution in [3.63, 3.8) is 0 Å². The van der Waals surface area contributed by atoms with Crippen molar-refractivity contribution in [3.05, 3.63) is 42.1 Å². The van der Waals surface area contributed by atoms with Gasteiger partial charge in [0.05, 0.1) is 18.8 Å². The van der Waals surface area contributed by atoms with Gasteiger partial charge < -0.3 is 20.4 Å². The molecule has 1 aromatic carbocycles. The molecule has 0 aliphatic carbocycles. The molecule has 0 amide bonds. The lowest BCUT2D eigenvalue weighted by Gasteiger charge is -2.42. The van der Waals surface area contributed by atoms with Gasteiger partial charge in [-0.25, -0.2) is 0 Å². The van der Waals surface area contributed by atoms with E-state index in [0.29, 0.717) is 6.54 Å². The summed E-state index contributed by atoms with van der Waals surface area (Å²) < 4.78 is 0. The Morgan fingerprint density at radius 3 is 2.39 bits per heavy atom. The molecular weight excluding hydrogens is 310 g/mol. The second-order valence-corrected chi connectivity index (χ2v) is 11.1. The van der Waals surface area contributed by atoms with Crippen LogP contribution in [0, 0.1) is 0 Å². The number of benzene rings is 1. The number of nitrogens with zero attached hydrogens (tertiary/aromatic N) is 1. The van der Waals surface area contributed by atoms with Crippen LogP contribution < -0.4 is 5.19 Å². The lowest BCUT2D eigenvalue weighted by atomic mass is 9.94. The number of β-amino-alcohol motifs (C(OH)–C–C–N with tert-alkyl or cyclic N) is 1. The van der Waals surface area contributed by atoms with Gasteiger partial charge in [0, 0.05) is 13.1 Å². The molecule has 0 unspecified atom stereocenters. The SMILES string of the molecule is C[Si](C)(C=CCN1C[C@H](O)[C@@H](O)[C@H](O)[C@H]1CO)c1ccccc1. The molecule has 5 nitrogen and oxygen atoms in total. The van der Waals surface area contributed by atoms with Crippen LogP contribution in [-0.4, -0.2) is 77.5 Å². The molecule has 4 N–H and O–H groups in total. The molecule has 2 rings (SSSR count). The zero-order valence-corrected chi connectivity index (χ0v) is 14.7. The zero-order valence-electron chi connectivity index (χ0n) is 13.7. The first-order valence-corrected chi connectivity index (χ1v) is 11.1. The van der Waals surface area contributed by atoms with Gasteiger partial charge in [0.25, 0.3) is 0 Å². The van der Waals surface area contributed by atoms with Gasteiger partial charge in [-0.1, -0.05) is 60.4 Å². The van der Waals surface area contributed by atoms with Crippen LogP contribution in [0.25, 0.3) is 0 Å². The zero-order chi connectivity index (χ0) is 17.0. The molecule has 23 heavy (non-hydrogen) atoms. The number of hydrogen-bond acceptors (Lipinski definition) is 5. The van der Waals surface area contributed by atoms with Crippen molar-refractivity contribution in [2.45, 2.75) is 37.4 Å². The highest BCUT2D eigenvalue weighted by Gasteiger charge is 2.40. The van der Waals surface area contributed by atoms with E-state index in [4.69, 9.17) is 0 Å². The molecule has 0 spiro atoms. The first kappa shape index (κ1) is 18.3. The van der Waals surface area contributed by atoms with Crippen molar-refractivity contribution in [1.29, 1.82) is 0 Å². The Hall–Kier alpha value is -1.02. The molecule has 1 heterocycles. The van der Waals surface area contributed by atoms with Crippen molar-refractivity contribution >= 4 is 13.3 Å². The third-order valence-electron chi connectivity index (χ3n) is 4.61. The fourth-order valence-corrected chi connectivity index (χ4v) is 4.97. The van der Waals surface area contributed by atoms with Crippen LogP contribution in [0.4, 0.5) is 0 Å². The lowest BCUT2D eigenvalue weighted by Crippen LogP contribution is -2.62. The van der Waals surface area contributed by atoms with Crippen LogP contribution in [0.2, 0.25) is 13.1 Å². The number of rotatable bonds is 5. The summed E-state index contributed by atoms with van der Waals surface area (Å²) in [6, 6.07) is 9.80. The fraction of sp³-hybridized carbons (Fsp3) is 0.529. The summed E-state index contributed by atoms with van der Waals surface area (Å²) in [4.78, 5) is 1.81. The van der Waals surface area contributed by atoms with Gasteiger partial charge in [0.2, 0.25) is 0 Å². The Labute approximate surface area is 138 Å². The van der Waals surface area contributed by atoms with E-state index in [1.54, 1.807) is 0 Å². The maximum atomic E-state index is 9.99. The summed E-state index contributed by atoms with van der Waals surface area (Å²) in [5, 5.41) is 40.3. The summed E-state index contributed by atoms with van der Waals surface area (Å²) in [7, 11) is -1.69. The molecule has 0 radical (unpaired) electrons. The minimum atomic E-state index is -1.69. The van der Waals surface area contributed by atoms with Gasteiger partial charge in [-0.15, -0.1) is 0 Å². The maximum Gasteiger partial charge on any atom is 0.109 e. The van der Waals surface area contributed by atoms with Gasteiger partial charge in [-0.05, 0) is 0 Å². The molecule has 1 aliphatic rings. The van der Waals surface area contributed by atoms with E-state index in [-0.39, 0.29) is 13.2 Å². The molecule has 0 aromatic heterocycles. The minimum absolute atomic E-state index is 0.237. The maximum absolute atomic E-state index is 9.99. The number of aliphatic hydroxyl groups excluding tert-OH is 4. The van der Waals surface area contributed by atoms with Crippen LogP contribution in [0.15, 0.2) is 42.1 Å². The first-order chi connectivity index (χ1) is 10.9. The molecule has 1 fully saturated rings. The third-order valence-corrected chi connectivity index (χ3v) is 7.50. The fourth-order valence-electron chi connectivity index (χ4n) is 3.03. The van der Waals surface area contributed by atoms with Crippen molar-refractivity contribution in [2.75, 3.05) is 19.7 Å². The number of hydrogen-bond donors (Lipinski definition) is 4. The molecule has 1 aliphatic heterocycles. The lowest BCUT2D eigenvalue weighted by molar-refractivity contribution is -0.142. The molecule has 4 atom stereocenters. The van der Waals surface area contributed by atoms with Gasteiger partial charge >= 0.3 is 0 Å². The molecular formula is C17H27NO4Si. The normalized spacial score (nSPS) is 30.0. The molecule has 0 bridgehead atoms. The molecule has 1 saturated heterocycles. The van der Waals surface area contributed by atoms with Crippen LogP contribution in [0.5, 0.6) is 0 Å². The standard InChI is InChI=1S/C17H27NO4Si/c1-23(2,13-7-4-3-5-8-13)10-6-9-18-11-15(20)17(22)16(21)14(18)12-19/h3-8,10,14-17,19-22H,9,11-12H2,1-2H3/t14-,15+,16-,17-/m1/s1. The third kappa shape index (κ3) is 4.29. The van der Waals surface area contributed by atoms with E-state index in [1.807, 2.05) is 29.2 Å². The van der Waals surface area contributed by atoms with E-state index in [2.05, 4.69) is 30.9 Å². The Balaban J connectivity index is 2.04. The predicted octanol–water partition coefficient (Wildman–Crippen LogP) is -0.543. The average molecular weight is 337 g/mol. The molecule has 0 saturated carbocycles. The van der Waals surface area contributed by atoms with E-state index < -0.39 is 32.4 Å². The van der Waals surface area contributed by atoms with E-state index in [0.717, 1.165) is 0 Å². The highest BCUT2D eigenvalue weighted by molar-refractivity contribution is 6.93. The smallest absolute Gasteiger partial charge is 0.109 e. The highest BCUT2D eigenvalue weighted by atomic mass is 28.3. The first-order valence-electron chi connectivity index (χ1n) is 7.99. The van der Waals surface area contributed by atoms with Crippen LogP contribution >= 0.6 is 0 Å². The van der Waals surface area contributed by atoms with Crippen LogP contribution in [0.3, 0.4) is 0 Å². The highest BCUT2D eigenvalue weighted by Crippen LogP contribution is 2.19. The van der Waals surface area contributed by atoms with Crippen molar-refractivity contribution in [3.8, 4) is 0 Å². The number of aliphatic hydroxyl groups is 4. The van der Waals surface area contributed by atoms with E-state index in [9.17, 15) is 20.4 Å². The van der Waals surface area contributed by atoms with E-state index in [1.165, 1.54) is 5.19 Å². The summed E-state index contributed by atoms with van der Waals surface area (Å²) in [5.41, 5.74) is 2.22. The Morgan fingerprint density at radius 1 is 1.13 bits per heavy atom. The summed E-state index contributed by atoms with van der Waals surface area (Å²) in [5.74, 6) is 0. The topological polar surface area (TPSA) is 84.2 Å². The second kappa shape index (κ2) is 7.70. The van der Waals surface area contributed by atoms with Crippen LogP contribution in [-0.2, 0) is 0 Å². The van der Waals surface area contributed by atoms with Crippen molar-refractivity contribution < 1.29 is 20.4 Å².